The number of halogens is 3. The molecule has 0 amide bonds. The second kappa shape index (κ2) is 7.83. The molecule has 2 aromatic carbocycles. The van der Waals surface area contributed by atoms with Crippen LogP contribution in [0.1, 0.15) is 12.0 Å². The summed E-state index contributed by atoms with van der Waals surface area (Å²) in [6.07, 6.45) is -0.369. The number of nitrogens with zero attached hydrogens (tertiary/aromatic N) is 1. The van der Waals surface area contributed by atoms with Crippen LogP contribution in [0.3, 0.4) is 0 Å². The van der Waals surface area contributed by atoms with Gasteiger partial charge in [0.1, 0.15) is 0 Å². The molecule has 0 heterocycles. The third kappa shape index (κ3) is 4.39. The predicted molar refractivity (Wildman–Crippen MR) is 99.4 cm³/mol. The van der Waals surface area contributed by atoms with Crippen LogP contribution in [0.25, 0.3) is 0 Å². The Labute approximate surface area is 160 Å². The first-order valence-corrected chi connectivity index (χ1v) is 9.66. The monoisotopic (exact) mass is 421 g/mol. The fourth-order valence-electron chi connectivity index (χ4n) is 2.20. The molecule has 2 aromatic rings. The average Bonchev–Trinajstić information content (AvgIpc) is 2.53. The van der Waals surface area contributed by atoms with E-state index in [-0.39, 0.29) is 27.9 Å². The van der Waals surface area contributed by atoms with Gasteiger partial charge in [0.15, 0.2) is 0 Å². The molecule has 9 heteroatoms. The van der Waals surface area contributed by atoms with Gasteiger partial charge in [0.05, 0.1) is 27.0 Å². The highest BCUT2D eigenvalue weighted by atomic mass is 35.5. The van der Waals surface area contributed by atoms with Crippen molar-refractivity contribution in [2.24, 2.45) is 0 Å². The molecular weight excluding hydrogens is 409 g/mol. The highest BCUT2D eigenvalue weighted by Crippen LogP contribution is 2.33. The summed E-state index contributed by atoms with van der Waals surface area (Å²) in [5.41, 5.74) is 0.831. The van der Waals surface area contributed by atoms with E-state index in [1.807, 2.05) is 0 Å². The maximum atomic E-state index is 13.1. The second-order valence-corrected chi connectivity index (χ2v) is 8.26. The topological polar surface area (TPSA) is 74.7 Å². The lowest BCUT2D eigenvalue weighted by molar-refractivity contribution is -0.136. The minimum Gasteiger partial charge on any atom is -0.481 e. The molecule has 0 atom stereocenters. The second-order valence-electron chi connectivity index (χ2n) is 5.18. The summed E-state index contributed by atoms with van der Waals surface area (Å²) in [5.74, 6) is -1.12. The molecule has 0 bridgehead atoms. The zero-order chi connectivity index (χ0) is 18.8. The smallest absolute Gasteiger partial charge is 0.305 e. The molecule has 0 fully saturated rings. The zero-order valence-electron chi connectivity index (χ0n) is 13.0. The minimum atomic E-state index is -4.06. The standard InChI is InChI=1S/C16H14Cl3NO4S/c1-10-12(17)3-2-4-15(10)20(8-7-16(21)22)25(23,24)11-5-6-13(18)14(19)9-11/h2-6,9H,7-8H2,1H3,(H,21,22). The Morgan fingerprint density at radius 1 is 1.08 bits per heavy atom. The van der Waals surface area contributed by atoms with Crippen molar-refractivity contribution in [3.63, 3.8) is 0 Å². The van der Waals surface area contributed by atoms with Gasteiger partial charge >= 0.3 is 5.97 Å². The summed E-state index contributed by atoms with van der Waals surface area (Å²) in [6.45, 7) is 1.41. The molecule has 0 aliphatic heterocycles. The largest absolute Gasteiger partial charge is 0.481 e. The van der Waals surface area contributed by atoms with Crippen LogP contribution in [-0.2, 0) is 14.8 Å². The highest BCUT2D eigenvalue weighted by molar-refractivity contribution is 7.92. The Morgan fingerprint density at radius 3 is 2.36 bits per heavy atom. The van der Waals surface area contributed by atoms with Gasteiger partial charge < -0.3 is 5.11 Å². The lowest BCUT2D eigenvalue weighted by Crippen LogP contribution is -2.33. The number of carboxylic acid groups (broad SMARTS) is 1. The molecule has 134 valence electrons. The molecule has 1 N–H and O–H groups in total. The summed E-state index contributed by atoms with van der Waals surface area (Å²) in [6, 6.07) is 8.71. The molecule has 2 rings (SSSR count). The number of aliphatic carboxylic acids is 1. The van der Waals surface area contributed by atoms with E-state index in [0.29, 0.717) is 16.3 Å². The van der Waals surface area contributed by atoms with Gasteiger partial charge in [0.2, 0.25) is 0 Å². The van der Waals surface area contributed by atoms with Crippen molar-refractivity contribution in [1.29, 1.82) is 0 Å². The van der Waals surface area contributed by atoms with Crippen LogP contribution in [0.2, 0.25) is 15.1 Å². The van der Waals surface area contributed by atoms with Crippen LogP contribution in [-0.4, -0.2) is 26.0 Å². The fraction of sp³-hybridized carbons (Fsp3) is 0.188. The predicted octanol–water partition coefficient (Wildman–Crippen LogP) is 4.63. The Balaban J connectivity index is 2.59. The van der Waals surface area contributed by atoms with Crippen molar-refractivity contribution in [2.75, 3.05) is 10.8 Å². The molecule has 0 aliphatic carbocycles. The number of benzene rings is 2. The van der Waals surface area contributed by atoms with Crippen LogP contribution in [0.4, 0.5) is 5.69 Å². The Kier molecular flexibility index (Phi) is 6.21. The first-order valence-electron chi connectivity index (χ1n) is 7.09. The molecule has 0 aromatic heterocycles. The fourth-order valence-corrected chi connectivity index (χ4v) is 4.28. The van der Waals surface area contributed by atoms with Gasteiger partial charge in [0, 0.05) is 11.6 Å². The first-order chi connectivity index (χ1) is 11.6. The number of hydrogen-bond donors (Lipinski definition) is 1. The van der Waals surface area contributed by atoms with Crippen LogP contribution >= 0.6 is 34.8 Å². The Morgan fingerprint density at radius 2 is 1.76 bits per heavy atom. The lowest BCUT2D eigenvalue weighted by Gasteiger charge is -2.26. The number of carbonyl (C=O) groups is 1. The van der Waals surface area contributed by atoms with Gasteiger partial charge in [-0.05, 0) is 42.8 Å². The van der Waals surface area contributed by atoms with Crippen LogP contribution in [0.15, 0.2) is 41.3 Å². The summed E-state index contributed by atoms with van der Waals surface area (Å²) in [7, 11) is -4.06. The van der Waals surface area contributed by atoms with E-state index in [0.717, 1.165) is 4.31 Å². The van der Waals surface area contributed by atoms with Gasteiger partial charge in [-0.1, -0.05) is 40.9 Å². The summed E-state index contributed by atoms with van der Waals surface area (Å²) >= 11 is 17.9. The van der Waals surface area contributed by atoms with Gasteiger partial charge in [0.25, 0.3) is 10.0 Å². The van der Waals surface area contributed by atoms with Gasteiger partial charge in [-0.25, -0.2) is 8.42 Å². The van der Waals surface area contributed by atoms with E-state index in [4.69, 9.17) is 39.9 Å². The van der Waals surface area contributed by atoms with E-state index < -0.39 is 16.0 Å². The van der Waals surface area contributed by atoms with Crippen molar-refractivity contribution in [1.82, 2.24) is 0 Å². The third-order valence-electron chi connectivity index (χ3n) is 3.52. The third-order valence-corrected chi connectivity index (χ3v) is 6.47. The molecule has 0 unspecified atom stereocenters. The molecule has 0 saturated carbocycles. The number of sulfonamides is 1. The average molecular weight is 423 g/mol. The molecule has 0 radical (unpaired) electrons. The Hall–Kier alpha value is -1.47. The van der Waals surface area contributed by atoms with E-state index in [1.54, 1.807) is 25.1 Å². The maximum absolute atomic E-state index is 13.1. The van der Waals surface area contributed by atoms with Crippen molar-refractivity contribution in [3.8, 4) is 0 Å². The van der Waals surface area contributed by atoms with Crippen LogP contribution in [0.5, 0.6) is 0 Å². The quantitative estimate of drug-likeness (QED) is 0.737. The summed E-state index contributed by atoms with van der Waals surface area (Å²) in [4.78, 5) is 10.9. The minimum absolute atomic E-state index is 0.0868. The molecular formula is C16H14Cl3NO4S. The van der Waals surface area contributed by atoms with Crippen molar-refractivity contribution in [2.45, 2.75) is 18.2 Å². The van der Waals surface area contributed by atoms with Crippen LogP contribution < -0.4 is 4.31 Å². The van der Waals surface area contributed by atoms with Crippen molar-refractivity contribution >= 4 is 56.5 Å². The van der Waals surface area contributed by atoms with Gasteiger partial charge in [-0.2, -0.15) is 0 Å². The molecule has 5 nitrogen and oxygen atoms in total. The van der Waals surface area contributed by atoms with Crippen molar-refractivity contribution < 1.29 is 18.3 Å². The maximum Gasteiger partial charge on any atom is 0.305 e. The molecule has 0 spiro atoms. The van der Waals surface area contributed by atoms with E-state index in [9.17, 15) is 13.2 Å². The number of anilines is 1. The van der Waals surface area contributed by atoms with Crippen LogP contribution in [0, 0.1) is 6.92 Å². The summed E-state index contributed by atoms with van der Waals surface area (Å²) < 4.78 is 27.1. The first kappa shape index (κ1) is 19.8. The van der Waals surface area contributed by atoms with E-state index in [1.165, 1.54) is 18.2 Å². The zero-order valence-corrected chi connectivity index (χ0v) is 16.1. The van der Waals surface area contributed by atoms with E-state index >= 15 is 0 Å². The SMILES string of the molecule is Cc1c(Cl)cccc1N(CCC(=O)O)S(=O)(=O)c1ccc(Cl)c(Cl)c1. The van der Waals surface area contributed by atoms with Gasteiger partial charge in [-0.3, -0.25) is 9.10 Å². The molecule has 0 saturated heterocycles. The lowest BCUT2D eigenvalue weighted by atomic mass is 10.2. The number of rotatable bonds is 6. The summed E-state index contributed by atoms with van der Waals surface area (Å²) in [5, 5.41) is 9.65. The Bertz CT molecular complexity index is 916. The number of carboxylic acids is 1. The molecule has 0 aliphatic rings. The number of hydrogen-bond acceptors (Lipinski definition) is 3. The van der Waals surface area contributed by atoms with Gasteiger partial charge in [-0.15, -0.1) is 0 Å². The normalized spacial score (nSPS) is 11.4. The highest BCUT2D eigenvalue weighted by Gasteiger charge is 2.27. The van der Waals surface area contributed by atoms with Crippen molar-refractivity contribution in [3.05, 3.63) is 57.0 Å². The molecule has 25 heavy (non-hydrogen) atoms. The van der Waals surface area contributed by atoms with E-state index in [2.05, 4.69) is 0 Å².